The molecule has 2 atom stereocenters. The molecule has 156 valence electrons. The Kier molecular flexibility index (Phi) is 5.71. The molecule has 0 unspecified atom stereocenters. The van der Waals surface area contributed by atoms with Crippen LogP contribution in [-0.4, -0.2) is 26.4 Å². The molecule has 1 aliphatic rings. The summed E-state index contributed by atoms with van der Waals surface area (Å²) in [6.07, 6.45) is 0.834. The molecule has 3 aromatic rings. The lowest BCUT2D eigenvalue weighted by Gasteiger charge is -2.48. The van der Waals surface area contributed by atoms with Crippen molar-refractivity contribution >= 4 is 18.4 Å². The fourth-order valence-electron chi connectivity index (χ4n) is 5.72. The molecule has 0 bridgehead atoms. The summed E-state index contributed by atoms with van der Waals surface area (Å²) >= 11 is 0. The minimum atomic E-state index is -2.29. The Balaban J connectivity index is 1.90. The van der Waals surface area contributed by atoms with Crippen LogP contribution < -0.4 is 10.4 Å². The van der Waals surface area contributed by atoms with E-state index in [0.717, 1.165) is 12.0 Å². The van der Waals surface area contributed by atoms with Crippen molar-refractivity contribution in [3.8, 4) is 0 Å². The van der Waals surface area contributed by atoms with Crippen LogP contribution in [0.15, 0.2) is 91.0 Å². The van der Waals surface area contributed by atoms with Gasteiger partial charge < -0.3 is 9.84 Å². The quantitative estimate of drug-likeness (QED) is 0.610. The normalized spacial score (nSPS) is 22.2. The highest BCUT2D eigenvalue weighted by atomic mass is 28.3. The number of ether oxygens (including phenoxy) is 1. The molecule has 30 heavy (non-hydrogen) atoms. The van der Waals surface area contributed by atoms with Crippen molar-refractivity contribution < 1.29 is 9.84 Å². The maximum Gasteiger partial charge on any atom is 0.128 e. The molecule has 0 amide bonds. The van der Waals surface area contributed by atoms with Crippen LogP contribution in [0.1, 0.15) is 32.8 Å². The average molecular weight is 417 g/mol. The molecule has 0 radical (unpaired) electrons. The maximum atomic E-state index is 10.5. The fourth-order valence-corrected chi connectivity index (χ4v) is 12.4. The number of rotatable bonds is 5. The highest BCUT2D eigenvalue weighted by molar-refractivity contribution is 7.05. The van der Waals surface area contributed by atoms with Gasteiger partial charge in [-0.15, -0.1) is 0 Å². The minimum Gasteiger partial charge on any atom is -0.393 e. The van der Waals surface area contributed by atoms with E-state index in [0.29, 0.717) is 12.1 Å². The second kappa shape index (κ2) is 8.14. The van der Waals surface area contributed by atoms with E-state index in [2.05, 4.69) is 93.6 Å². The summed E-state index contributed by atoms with van der Waals surface area (Å²) < 4.78 is 6.52. The van der Waals surface area contributed by atoms with Gasteiger partial charge in [-0.2, -0.15) is 0 Å². The van der Waals surface area contributed by atoms with Crippen LogP contribution in [-0.2, 0) is 10.3 Å². The molecular formula is C27H32O2Si. The van der Waals surface area contributed by atoms with Crippen molar-refractivity contribution in [3.05, 3.63) is 96.6 Å². The van der Waals surface area contributed by atoms with Crippen LogP contribution in [0.2, 0.25) is 10.6 Å². The predicted octanol–water partition coefficient (Wildman–Crippen LogP) is 4.73. The van der Waals surface area contributed by atoms with Crippen LogP contribution in [0.3, 0.4) is 0 Å². The molecular weight excluding hydrogens is 384 g/mol. The zero-order valence-electron chi connectivity index (χ0n) is 18.2. The molecule has 1 heterocycles. The van der Waals surface area contributed by atoms with E-state index in [1.165, 1.54) is 10.4 Å². The van der Waals surface area contributed by atoms with E-state index < -0.39 is 13.7 Å². The Morgan fingerprint density at radius 1 is 0.833 bits per heavy atom. The third-order valence-electron chi connectivity index (χ3n) is 6.95. The van der Waals surface area contributed by atoms with Gasteiger partial charge in [-0.1, -0.05) is 122 Å². The van der Waals surface area contributed by atoms with E-state index >= 15 is 0 Å². The predicted molar refractivity (Wildman–Crippen MR) is 127 cm³/mol. The first-order chi connectivity index (χ1) is 14.4. The molecule has 0 spiro atoms. The third kappa shape index (κ3) is 3.35. The van der Waals surface area contributed by atoms with Gasteiger partial charge in [-0.3, -0.25) is 0 Å². The summed E-state index contributed by atoms with van der Waals surface area (Å²) in [6.45, 7) is 7.84. The molecule has 1 aliphatic heterocycles. The van der Waals surface area contributed by atoms with E-state index in [4.69, 9.17) is 4.74 Å². The second-order valence-corrected chi connectivity index (χ2v) is 14.6. The summed E-state index contributed by atoms with van der Waals surface area (Å²) in [6, 6.07) is 32.4. The maximum absolute atomic E-state index is 10.5. The van der Waals surface area contributed by atoms with E-state index in [1.807, 2.05) is 18.2 Å². The van der Waals surface area contributed by atoms with E-state index in [9.17, 15) is 5.11 Å². The number of aliphatic hydroxyl groups is 1. The van der Waals surface area contributed by atoms with Crippen molar-refractivity contribution in [2.24, 2.45) is 0 Å². The lowest BCUT2D eigenvalue weighted by Crippen LogP contribution is -2.67. The summed E-state index contributed by atoms with van der Waals surface area (Å²) in [7, 11) is -2.29. The van der Waals surface area contributed by atoms with Gasteiger partial charge in [0.25, 0.3) is 0 Å². The molecule has 1 N–H and O–H groups in total. The first-order valence-electron chi connectivity index (χ1n) is 10.9. The van der Waals surface area contributed by atoms with E-state index in [-0.39, 0.29) is 11.6 Å². The molecule has 0 aliphatic carbocycles. The molecule has 1 saturated heterocycles. The number of hydrogen-bond donors (Lipinski definition) is 1. The topological polar surface area (TPSA) is 29.5 Å². The third-order valence-corrected chi connectivity index (χ3v) is 13.4. The van der Waals surface area contributed by atoms with Crippen LogP contribution in [0.4, 0.5) is 0 Å². The second-order valence-electron chi connectivity index (χ2n) is 9.52. The van der Waals surface area contributed by atoms with Gasteiger partial charge in [0.2, 0.25) is 0 Å². The summed E-state index contributed by atoms with van der Waals surface area (Å²) in [5.41, 5.74) is 0.807. The molecule has 0 aromatic heterocycles. The smallest absolute Gasteiger partial charge is 0.128 e. The van der Waals surface area contributed by atoms with Gasteiger partial charge in [-0.25, -0.2) is 0 Å². The monoisotopic (exact) mass is 416 g/mol. The van der Waals surface area contributed by atoms with Gasteiger partial charge in [0.1, 0.15) is 13.7 Å². The number of hydrogen-bond acceptors (Lipinski definition) is 2. The lowest BCUT2D eigenvalue weighted by atomic mass is 9.91. The Labute approximate surface area is 181 Å². The average Bonchev–Trinajstić information content (AvgIpc) is 3.21. The summed E-state index contributed by atoms with van der Waals surface area (Å²) in [5.74, 6) is 0. The molecule has 0 saturated carbocycles. The standard InChI is InChI=1S/C27H32O2Si/c1-26(2,3)30(23-15-9-5-10-16-23,24-17-11-6-12-18-24)25-19-27(21-28,29-20-25)22-13-7-4-8-14-22/h4-18,25,28H,19-21H2,1-3H3/t25-,27-/m1/s1. The van der Waals surface area contributed by atoms with E-state index in [1.54, 1.807) is 0 Å². The first-order valence-corrected chi connectivity index (χ1v) is 12.9. The fraction of sp³-hybridized carbons (Fsp3) is 0.333. The van der Waals surface area contributed by atoms with Crippen LogP contribution in [0.5, 0.6) is 0 Å². The SMILES string of the molecule is CC(C)(C)[Si](c1ccccc1)(c1ccccc1)[C@H]1CO[C@](CO)(c2ccccc2)C1. The van der Waals surface area contributed by atoms with Gasteiger partial charge in [-0.05, 0) is 22.6 Å². The highest BCUT2D eigenvalue weighted by Gasteiger charge is 2.58. The molecule has 3 heteroatoms. The summed E-state index contributed by atoms with van der Waals surface area (Å²) in [4.78, 5) is 0. The largest absolute Gasteiger partial charge is 0.393 e. The molecule has 3 aromatic carbocycles. The minimum absolute atomic E-state index is 0.00567. The Bertz CT molecular complexity index is 911. The van der Waals surface area contributed by atoms with Crippen molar-refractivity contribution in [1.82, 2.24) is 0 Å². The lowest BCUT2D eigenvalue weighted by molar-refractivity contribution is -0.0429. The zero-order valence-corrected chi connectivity index (χ0v) is 19.2. The van der Waals surface area contributed by atoms with Gasteiger partial charge in [0.15, 0.2) is 0 Å². The van der Waals surface area contributed by atoms with Gasteiger partial charge in [0.05, 0.1) is 6.61 Å². The zero-order chi connectivity index (χ0) is 21.2. The van der Waals surface area contributed by atoms with Crippen molar-refractivity contribution in [3.63, 3.8) is 0 Å². The number of aliphatic hydroxyl groups excluding tert-OH is 1. The van der Waals surface area contributed by atoms with Crippen LogP contribution in [0.25, 0.3) is 0 Å². The Morgan fingerprint density at radius 3 is 1.73 bits per heavy atom. The Morgan fingerprint density at radius 2 is 1.30 bits per heavy atom. The van der Waals surface area contributed by atoms with Crippen molar-refractivity contribution in [1.29, 1.82) is 0 Å². The molecule has 1 fully saturated rings. The van der Waals surface area contributed by atoms with Gasteiger partial charge in [0, 0.05) is 6.61 Å². The van der Waals surface area contributed by atoms with Crippen molar-refractivity contribution in [2.75, 3.05) is 13.2 Å². The highest BCUT2D eigenvalue weighted by Crippen LogP contribution is 2.52. The van der Waals surface area contributed by atoms with Crippen LogP contribution in [0, 0.1) is 0 Å². The molecule has 2 nitrogen and oxygen atoms in total. The first kappa shape index (κ1) is 21.0. The number of benzene rings is 3. The van der Waals surface area contributed by atoms with Crippen LogP contribution >= 0.6 is 0 Å². The summed E-state index contributed by atoms with van der Waals surface area (Å²) in [5, 5.41) is 13.5. The van der Waals surface area contributed by atoms with Crippen molar-refractivity contribution in [2.45, 2.75) is 43.4 Å². The molecule has 4 rings (SSSR count). The Hall–Kier alpha value is -2.20. The van der Waals surface area contributed by atoms with Gasteiger partial charge >= 0.3 is 0 Å².